The van der Waals surface area contributed by atoms with Gasteiger partial charge < -0.3 is 15.5 Å². The standard InChI is InChI=1S/C13H15F2NO4/c1-13(7-17,5-11(18)19)6-16-12(20)9-3-2-8(14)4-10(9)15/h2-4,17H,5-7H2,1H3,(H,16,20)(H,18,19). The summed E-state index contributed by atoms with van der Waals surface area (Å²) in [5.74, 6) is -3.73. The highest BCUT2D eigenvalue weighted by molar-refractivity contribution is 5.94. The summed E-state index contributed by atoms with van der Waals surface area (Å²) in [6.45, 7) is 0.874. The van der Waals surface area contributed by atoms with Crippen LogP contribution >= 0.6 is 0 Å². The fraction of sp³-hybridized carbons (Fsp3) is 0.385. The Kier molecular flexibility index (Phi) is 5.15. The number of nitrogens with one attached hydrogen (secondary N) is 1. The zero-order valence-corrected chi connectivity index (χ0v) is 10.8. The van der Waals surface area contributed by atoms with Crippen molar-refractivity contribution in [1.82, 2.24) is 5.32 Å². The van der Waals surface area contributed by atoms with Gasteiger partial charge in [0.2, 0.25) is 0 Å². The highest BCUT2D eigenvalue weighted by Gasteiger charge is 2.28. The molecular weight excluding hydrogens is 272 g/mol. The minimum Gasteiger partial charge on any atom is -0.481 e. The van der Waals surface area contributed by atoms with Crippen molar-refractivity contribution in [2.45, 2.75) is 13.3 Å². The highest BCUT2D eigenvalue weighted by Crippen LogP contribution is 2.19. The maximum atomic E-state index is 13.4. The van der Waals surface area contributed by atoms with E-state index in [0.29, 0.717) is 6.07 Å². The van der Waals surface area contributed by atoms with Crippen LogP contribution in [0.1, 0.15) is 23.7 Å². The summed E-state index contributed by atoms with van der Waals surface area (Å²) in [6, 6.07) is 2.52. The molecule has 1 unspecified atom stereocenters. The number of carboxylic acid groups (broad SMARTS) is 1. The lowest BCUT2D eigenvalue weighted by Crippen LogP contribution is -2.39. The van der Waals surface area contributed by atoms with Crippen LogP contribution in [-0.2, 0) is 4.79 Å². The third-order valence-corrected chi connectivity index (χ3v) is 2.81. The first-order valence-corrected chi connectivity index (χ1v) is 5.83. The van der Waals surface area contributed by atoms with Crippen molar-refractivity contribution >= 4 is 11.9 Å². The lowest BCUT2D eigenvalue weighted by molar-refractivity contribution is -0.140. The van der Waals surface area contributed by atoms with Gasteiger partial charge in [-0.2, -0.15) is 0 Å². The quantitative estimate of drug-likeness (QED) is 0.733. The highest BCUT2D eigenvalue weighted by atomic mass is 19.1. The average molecular weight is 287 g/mol. The molecule has 1 atom stereocenters. The third-order valence-electron chi connectivity index (χ3n) is 2.81. The molecule has 20 heavy (non-hydrogen) atoms. The molecule has 0 heterocycles. The van der Waals surface area contributed by atoms with Gasteiger partial charge in [0.25, 0.3) is 5.91 Å². The molecule has 0 fully saturated rings. The Morgan fingerprint density at radius 2 is 2.00 bits per heavy atom. The first-order valence-electron chi connectivity index (χ1n) is 5.83. The number of hydrogen-bond donors (Lipinski definition) is 3. The van der Waals surface area contributed by atoms with E-state index in [9.17, 15) is 23.5 Å². The molecule has 1 aromatic rings. The number of aliphatic hydroxyl groups excluding tert-OH is 1. The molecule has 5 nitrogen and oxygen atoms in total. The van der Waals surface area contributed by atoms with Crippen molar-refractivity contribution in [3.8, 4) is 0 Å². The van der Waals surface area contributed by atoms with Gasteiger partial charge in [0.15, 0.2) is 0 Å². The molecule has 1 amide bonds. The van der Waals surface area contributed by atoms with E-state index in [-0.39, 0.29) is 18.5 Å². The summed E-state index contributed by atoms with van der Waals surface area (Å²) < 4.78 is 26.1. The summed E-state index contributed by atoms with van der Waals surface area (Å²) in [6.07, 6.45) is -0.352. The van der Waals surface area contributed by atoms with E-state index in [2.05, 4.69) is 5.32 Å². The minimum absolute atomic E-state index is 0.147. The van der Waals surface area contributed by atoms with Gasteiger partial charge in [0.05, 0.1) is 18.6 Å². The van der Waals surface area contributed by atoms with E-state index >= 15 is 0 Å². The molecule has 3 N–H and O–H groups in total. The summed E-state index contributed by atoms with van der Waals surface area (Å²) in [4.78, 5) is 22.4. The zero-order chi connectivity index (χ0) is 15.3. The lowest BCUT2D eigenvalue weighted by Gasteiger charge is -2.25. The second-order valence-corrected chi connectivity index (χ2v) is 4.85. The van der Waals surface area contributed by atoms with Crippen LogP contribution < -0.4 is 5.32 Å². The molecule has 1 aromatic carbocycles. The number of carboxylic acids is 1. The topological polar surface area (TPSA) is 86.6 Å². The van der Waals surface area contributed by atoms with Crippen LogP contribution in [-0.4, -0.2) is 35.2 Å². The van der Waals surface area contributed by atoms with Gasteiger partial charge >= 0.3 is 5.97 Å². The SMILES string of the molecule is CC(CO)(CNC(=O)c1ccc(F)cc1F)CC(=O)O. The summed E-state index contributed by atoms with van der Waals surface area (Å²) in [7, 11) is 0. The number of hydrogen-bond acceptors (Lipinski definition) is 3. The van der Waals surface area contributed by atoms with Crippen LogP contribution in [0.4, 0.5) is 8.78 Å². The summed E-state index contributed by atoms with van der Waals surface area (Å²) in [5.41, 5.74) is -1.40. The van der Waals surface area contributed by atoms with Crippen LogP contribution in [0, 0.1) is 17.0 Å². The van der Waals surface area contributed by atoms with Crippen LogP contribution in [0.5, 0.6) is 0 Å². The van der Waals surface area contributed by atoms with Gasteiger partial charge in [0, 0.05) is 18.0 Å². The van der Waals surface area contributed by atoms with Crippen molar-refractivity contribution in [3.63, 3.8) is 0 Å². The first kappa shape index (κ1) is 16.0. The smallest absolute Gasteiger partial charge is 0.304 e. The Morgan fingerprint density at radius 3 is 2.50 bits per heavy atom. The van der Waals surface area contributed by atoms with Crippen molar-refractivity contribution in [2.75, 3.05) is 13.2 Å². The third kappa shape index (κ3) is 4.27. The van der Waals surface area contributed by atoms with Gasteiger partial charge in [-0.1, -0.05) is 6.92 Å². The van der Waals surface area contributed by atoms with E-state index in [0.717, 1.165) is 12.1 Å². The largest absolute Gasteiger partial charge is 0.481 e. The number of aliphatic carboxylic acids is 1. The molecule has 0 aromatic heterocycles. The van der Waals surface area contributed by atoms with Gasteiger partial charge in [0.1, 0.15) is 11.6 Å². The average Bonchev–Trinajstić information content (AvgIpc) is 2.35. The van der Waals surface area contributed by atoms with E-state index in [1.54, 1.807) is 0 Å². The summed E-state index contributed by atoms with van der Waals surface area (Å²) >= 11 is 0. The van der Waals surface area contributed by atoms with Gasteiger partial charge in [-0.15, -0.1) is 0 Å². The molecule has 0 saturated heterocycles. The van der Waals surface area contributed by atoms with E-state index in [4.69, 9.17) is 5.11 Å². The number of rotatable bonds is 6. The summed E-state index contributed by atoms with van der Waals surface area (Å²) in [5, 5.41) is 20.2. The Bertz CT molecular complexity index is 521. The molecule has 0 aliphatic rings. The van der Waals surface area contributed by atoms with Crippen LogP contribution in [0.3, 0.4) is 0 Å². The predicted octanol–water partition coefficient (Wildman–Crippen LogP) is 1.17. The van der Waals surface area contributed by atoms with Crippen molar-refractivity contribution in [1.29, 1.82) is 0 Å². The number of halogens is 2. The number of aliphatic hydroxyl groups is 1. The Labute approximate surface area is 114 Å². The lowest BCUT2D eigenvalue weighted by atomic mass is 9.87. The monoisotopic (exact) mass is 287 g/mol. The van der Waals surface area contributed by atoms with E-state index in [1.807, 2.05) is 0 Å². The molecule has 1 rings (SSSR count). The normalized spacial score (nSPS) is 13.6. The van der Waals surface area contributed by atoms with Crippen molar-refractivity contribution in [2.24, 2.45) is 5.41 Å². The minimum atomic E-state index is -1.12. The molecule has 0 spiro atoms. The van der Waals surface area contributed by atoms with Gasteiger partial charge in [-0.3, -0.25) is 9.59 Å². The zero-order valence-electron chi connectivity index (χ0n) is 10.8. The van der Waals surface area contributed by atoms with Crippen molar-refractivity contribution < 1.29 is 28.6 Å². The van der Waals surface area contributed by atoms with E-state index < -0.39 is 35.5 Å². The second-order valence-electron chi connectivity index (χ2n) is 4.85. The van der Waals surface area contributed by atoms with Crippen LogP contribution in [0.15, 0.2) is 18.2 Å². The molecule has 110 valence electrons. The van der Waals surface area contributed by atoms with Gasteiger partial charge in [-0.25, -0.2) is 8.78 Å². The molecule has 0 saturated carbocycles. The van der Waals surface area contributed by atoms with Crippen molar-refractivity contribution in [3.05, 3.63) is 35.4 Å². The number of carbonyl (C=O) groups is 2. The molecular formula is C13H15F2NO4. The Hall–Kier alpha value is -2.02. The molecule has 0 radical (unpaired) electrons. The molecule has 7 heteroatoms. The molecule has 0 aliphatic carbocycles. The number of benzene rings is 1. The second kappa shape index (κ2) is 6.42. The fourth-order valence-electron chi connectivity index (χ4n) is 1.60. The van der Waals surface area contributed by atoms with Crippen LogP contribution in [0.25, 0.3) is 0 Å². The molecule has 0 bridgehead atoms. The predicted molar refractivity (Wildman–Crippen MR) is 66.1 cm³/mol. The first-order chi connectivity index (χ1) is 9.27. The Morgan fingerprint density at radius 1 is 1.35 bits per heavy atom. The van der Waals surface area contributed by atoms with E-state index in [1.165, 1.54) is 6.92 Å². The number of amides is 1. The fourth-order valence-corrected chi connectivity index (χ4v) is 1.60. The van der Waals surface area contributed by atoms with Gasteiger partial charge in [-0.05, 0) is 12.1 Å². The maximum absolute atomic E-state index is 13.4. The maximum Gasteiger partial charge on any atom is 0.304 e. The number of carbonyl (C=O) groups excluding carboxylic acids is 1. The van der Waals surface area contributed by atoms with Crippen LogP contribution in [0.2, 0.25) is 0 Å². The Balaban J connectivity index is 2.73. The molecule has 0 aliphatic heterocycles.